The van der Waals surface area contributed by atoms with Gasteiger partial charge in [0.2, 0.25) is 29.5 Å². The fourth-order valence-electron chi connectivity index (χ4n) is 4.74. The highest BCUT2D eigenvalue weighted by Crippen LogP contribution is 2.20. The Kier molecular flexibility index (Phi) is 16.3. The number of primary amides is 1. The van der Waals surface area contributed by atoms with Crippen LogP contribution in [0.1, 0.15) is 78.2 Å². The minimum Gasteiger partial charge on any atom is -0.461 e. The Morgan fingerprint density at radius 1 is 0.957 bits per heavy atom. The van der Waals surface area contributed by atoms with Crippen LogP contribution in [0.2, 0.25) is 0 Å². The molecule has 0 bridgehead atoms. The lowest BCUT2D eigenvalue weighted by Gasteiger charge is -2.25. The number of nitrogens with one attached hydrogen (secondary N) is 4. The van der Waals surface area contributed by atoms with Gasteiger partial charge < -0.3 is 31.7 Å². The van der Waals surface area contributed by atoms with Crippen LogP contribution in [0.25, 0.3) is 0 Å². The number of unbranched alkanes of at least 4 members (excludes halogenated alkanes) is 2. The van der Waals surface area contributed by atoms with Crippen LogP contribution in [0, 0.1) is 11.8 Å². The molecule has 1 heterocycles. The summed E-state index contributed by atoms with van der Waals surface area (Å²) in [4.78, 5) is 87.4. The molecule has 0 saturated carbocycles. The Morgan fingerprint density at radius 3 is 2.21 bits per heavy atom. The van der Waals surface area contributed by atoms with Crippen LogP contribution in [0.15, 0.2) is 24.3 Å². The van der Waals surface area contributed by atoms with E-state index < -0.39 is 29.9 Å². The number of hydrogen-bond acceptors (Lipinski definition) is 8. The van der Waals surface area contributed by atoms with Gasteiger partial charge in [0.1, 0.15) is 18.7 Å². The lowest BCUT2D eigenvalue weighted by molar-refractivity contribution is -0.148. The van der Waals surface area contributed by atoms with Gasteiger partial charge >= 0.3 is 12.0 Å². The average Bonchev–Trinajstić information content (AvgIpc) is 3.25. The van der Waals surface area contributed by atoms with Crippen LogP contribution in [-0.2, 0) is 40.1 Å². The molecular weight excluding hydrogens is 627 g/mol. The first-order valence-corrected chi connectivity index (χ1v) is 16.7. The van der Waals surface area contributed by atoms with Gasteiger partial charge in [-0.2, -0.15) is 0 Å². The number of carbonyl (C=O) groups is 7. The molecule has 15 heteroatoms. The van der Waals surface area contributed by atoms with E-state index in [9.17, 15) is 33.6 Å². The smallest absolute Gasteiger partial charge is 0.312 e. The number of esters is 1. The third kappa shape index (κ3) is 13.7. The molecule has 1 aromatic carbocycles. The van der Waals surface area contributed by atoms with Gasteiger partial charge in [-0.1, -0.05) is 46.2 Å². The molecule has 0 aliphatic carbocycles. The molecule has 6 N–H and O–H groups in total. The summed E-state index contributed by atoms with van der Waals surface area (Å²) in [6, 6.07) is 4.13. The lowest BCUT2D eigenvalue weighted by Crippen LogP contribution is -2.54. The van der Waals surface area contributed by atoms with Crippen molar-refractivity contribution in [2.45, 2.75) is 97.0 Å². The number of urea groups is 1. The molecular formula is C32H49N6O8P. The summed E-state index contributed by atoms with van der Waals surface area (Å²) in [7, 11) is 2.38. The molecule has 1 aliphatic heterocycles. The van der Waals surface area contributed by atoms with Gasteiger partial charge in [-0.15, -0.1) is 9.24 Å². The van der Waals surface area contributed by atoms with Gasteiger partial charge in [-0.25, -0.2) is 4.79 Å². The largest absolute Gasteiger partial charge is 0.461 e. The molecule has 1 fully saturated rings. The summed E-state index contributed by atoms with van der Waals surface area (Å²) in [6.45, 7) is 7.65. The molecule has 0 spiro atoms. The second kappa shape index (κ2) is 19.6. The predicted octanol–water partition coefficient (Wildman–Crippen LogP) is 1.96. The number of imide groups is 1. The van der Waals surface area contributed by atoms with E-state index in [1.807, 2.05) is 0 Å². The number of rotatable bonds is 19. The van der Waals surface area contributed by atoms with Crippen LogP contribution < -0.4 is 27.0 Å². The summed E-state index contributed by atoms with van der Waals surface area (Å²) < 4.78 is 5.23. The molecule has 14 nitrogen and oxygen atoms in total. The fraction of sp³-hybridized carbons (Fsp3) is 0.594. The first-order chi connectivity index (χ1) is 22.2. The molecule has 0 radical (unpaired) electrons. The van der Waals surface area contributed by atoms with E-state index in [0.717, 1.165) is 5.56 Å². The number of amides is 7. The van der Waals surface area contributed by atoms with E-state index in [1.54, 1.807) is 52.0 Å². The Balaban J connectivity index is 1.94. The molecule has 260 valence electrons. The zero-order chi connectivity index (χ0) is 35.1. The number of benzene rings is 1. The van der Waals surface area contributed by atoms with E-state index in [1.165, 1.54) is 4.90 Å². The normalized spacial score (nSPS) is 15.7. The number of nitrogens with zero attached hydrogens (tertiary/aromatic N) is 1. The van der Waals surface area contributed by atoms with Crippen molar-refractivity contribution in [2.24, 2.45) is 17.6 Å². The molecule has 0 aromatic heterocycles. The van der Waals surface area contributed by atoms with Gasteiger partial charge in [0.25, 0.3) is 0 Å². The first kappa shape index (κ1) is 39.1. The topological polar surface area (TPSA) is 206 Å². The van der Waals surface area contributed by atoms with Crippen LogP contribution in [0.3, 0.4) is 0 Å². The zero-order valence-electron chi connectivity index (χ0n) is 27.6. The number of carbonyl (C=O) groups excluding carboxylic acids is 7. The Labute approximate surface area is 278 Å². The molecule has 47 heavy (non-hydrogen) atoms. The zero-order valence-corrected chi connectivity index (χ0v) is 28.8. The van der Waals surface area contributed by atoms with E-state index in [0.29, 0.717) is 37.9 Å². The highest BCUT2D eigenvalue weighted by Gasteiger charge is 2.35. The van der Waals surface area contributed by atoms with Crippen LogP contribution in [-0.4, -0.2) is 77.3 Å². The summed E-state index contributed by atoms with van der Waals surface area (Å²) >= 11 is 0. The molecule has 2 rings (SSSR count). The minimum atomic E-state index is -0.987. The molecule has 1 aromatic rings. The summed E-state index contributed by atoms with van der Waals surface area (Å²) in [5.74, 6) is -2.59. The molecule has 1 saturated heterocycles. The van der Waals surface area contributed by atoms with Crippen molar-refractivity contribution in [3.8, 4) is 0 Å². The fourth-order valence-corrected chi connectivity index (χ4v) is 5.12. The SMILES string of the molecule is CC(C)C(=O)OCc1ccc(NC(=O)[C@H](CCCNC(N)=O)NC(=O)[C@@H](NC(=O)CCCCCN2C(=O)CC(P)C2=O)C(C)C)cc1. The van der Waals surface area contributed by atoms with E-state index >= 15 is 0 Å². The second-order valence-corrected chi connectivity index (χ2v) is 13.0. The van der Waals surface area contributed by atoms with E-state index in [4.69, 9.17) is 10.5 Å². The summed E-state index contributed by atoms with van der Waals surface area (Å²) in [5, 5.41) is 10.7. The Morgan fingerprint density at radius 2 is 1.64 bits per heavy atom. The maximum absolute atomic E-state index is 13.4. The quantitative estimate of drug-likeness (QED) is 0.0632. The lowest BCUT2D eigenvalue weighted by atomic mass is 10.0. The standard InChI is InChI=1S/C32H49N6O8P/c1-19(2)27(37-25(39)10-6-5-7-16-38-26(40)17-24(47)30(38)43)29(42)36-23(9-8-15-34-32(33)45)28(41)35-22-13-11-21(12-14-22)18-46-31(44)20(3)4/h11-14,19-20,23-24,27H,5-10,15-18,47H2,1-4H3,(H,35,41)(H,36,42)(H,37,39)(H3,33,34,45)/t23-,24?,27-/m0/s1. The number of hydrogen-bond donors (Lipinski definition) is 5. The van der Waals surface area contributed by atoms with Crippen LogP contribution in [0.5, 0.6) is 0 Å². The number of nitrogens with two attached hydrogens (primary N) is 1. The predicted molar refractivity (Wildman–Crippen MR) is 179 cm³/mol. The third-order valence-electron chi connectivity index (χ3n) is 7.51. The highest BCUT2D eigenvalue weighted by molar-refractivity contribution is 7.19. The maximum atomic E-state index is 13.4. The van der Waals surface area contributed by atoms with Gasteiger partial charge in [-0.05, 0) is 49.3 Å². The molecule has 1 aliphatic rings. The average molecular weight is 677 g/mol. The Hall–Kier alpha value is -4.06. The van der Waals surface area contributed by atoms with Crippen molar-refractivity contribution >= 4 is 56.5 Å². The summed E-state index contributed by atoms with van der Waals surface area (Å²) in [6.07, 6.45) is 2.58. The van der Waals surface area contributed by atoms with Gasteiger partial charge in [0, 0.05) is 31.6 Å². The van der Waals surface area contributed by atoms with Crippen molar-refractivity contribution in [3.63, 3.8) is 0 Å². The first-order valence-electron chi connectivity index (χ1n) is 16.0. The van der Waals surface area contributed by atoms with E-state index in [2.05, 4.69) is 30.5 Å². The third-order valence-corrected chi connectivity index (χ3v) is 8.03. The van der Waals surface area contributed by atoms with Crippen LogP contribution in [0.4, 0.5) is 10.5 Å². The van der Waals surface area contributed by atoms with Crippen molar-refractivity contribution in [1.82, 2.24) is 20.9 Å². The molecule has 4 atom stereocenters. The second-order valence-electron chi connectivity index (χ2n) is 12.2. The minimum absolute atomic E-state index is 0.0956. The monoisotopic (exact) mass is 676 g/mol. The maximum Gasteiger partial charge on any atom is 0.312 e. The summed E-state index contributed by atoms with van der Waals surface area (Å²) in [5.41, 5.74) is 5.96. The Bertz CT molecular complexity index is 1270. The highest BCUT2D eigenvalue weighted by atomic mass is 31.0. The van der Waals surface area contributed by atoms with Crippen molar-refractivity contribution in [1.29, 1.82) is 0 Å². The number of likely N-dealkylation sites (tertiary alicyclic amines) is 1. The molecule has 7 amide bonds. The molecule has 2 unspecified atom stereocenters. The van der Waals surface area contributed by atoms with E-state index in [-0.39, 0.29) is 73.6 Å². The number of ether oxygens (including phenoxy) is 1. The number of anilines is 1. The van der Waals surface area contributed by atoms with Crippen molar-refractivity contribution in [2.75, 3.05) is 18.4 Å². The van der Waals surface area contributed by atoms with Gasteiger partial charge in [0.15, 0.2) is 0 Å². The van der Waals surface area contributed by atoms with Gasteiger partial charge in [-0.3, -0.25) is 33.7 Å². The van der Waals surface area contributed by atoms with Gasteiger partial charge in [0.05, 0.1) is 11.6 Å². The van der Waals surface area contributed by atoms with Crippen molar-refractivity contribution < 1.29 is 38.3 Å². The van der Waals surface area contributed by atoms with Crippen molar-refractivity contribution in [3.05, 3.63) is 29.8 Å². The van der Waals surface area contributed by atoms with Crippen LogP contribution >= 0.6 is 9.24 Å².